The molecule has 154 valence electrons. The summed E-state index contributed by atoms with van der Waals surface area (Å²) in [6, 6.07) is 13.6. The highest BCUT2D eigenvalue weighted by Crippen LogP contribution is 2.28. The summed E-state index contributed by atoms with van der Waals surface area (Å²) in [5, 5.41) is 13.6. The molecule has 0 unspecified atom stereocenters. The summed E-state index contributed by atoms with van der Waals surface area (Å²) in [4.78, 5) is 8.02. The molecule has 0 aliphatic carbocycles. The first kappa shape index (κ1) is 20.0. The minimum absolute atomic E-state index is 0.265. The van der Waals surface area contributed by atoms with Gasteiger partial charge in [0.15, 0.2) is 5.69 Å². The molecule has 2 heterocycles. The molecule has 2 aliphatic heterocycles. The number of fused-ring (bicyclic) bond motifs is 1. The van der Waals surface area contributed by atoms with Crippen LogP contribution in [0.3, 0.4) is 0 Å². The molecular formula is C24H26N4O2. The van der Waals surface area contributed by atoms with Crippen LogP contribution in [0.4, 0.5) is 17.1 Å². The molecular weight excluding hydrogens is 376 g/mol. The monoisotopic (exact) mass is 402 g/mol. The Labute approximate surface area is 177 Å². The second-order valence-corrected chi connectivity index (χ2v) is 7.61. The number of benzene rings is 2. The first-order valence-electron chi connectivity index (χ1n) is 10.1. The van der Waals surface area contributed by atoms with Crippen molar-refractivity contribution in [1.29, 1.82) is 0 Å². The van der Waals surface area contributed by atoms with Crippen molar-refractivity contribution in [1.82, 2.24) is 4.90 Å². The van der Waals surface area contributed by atoms with Crippen molar-refractivity contribution in [2.45, 2.75) is 6.10 Å². The molecule has 2 aromatic rings. The molecule has 2 N–H and O–H groups in total. The van der Waals surface area contributed by atoms with Gasteiger partial charge >= 0.3 is 0 Å². The van der Waals surface area contributed by atoms with E-state index in [4.69, 9.17) is 11.3 Å². The number of aliphatic hydroxyl groups is 1. The quantitative estimate of drug-likeness (QED) is 0.721. The molecule has 0 amide bonds. The number of nitrogens with zero attached hydrogens (tertiary/aromatic N) is 3. The molecule has 1 saturated heterocycles. The first-order chi connectivity index (χ1) is 14.6. The topological polar surface area (TPSA) is 52.3 Å². The van der Waals surface area contributed by atoms with E-state index in [0.29, 0.717) is 12.2 Å². The van der Waals surface area contributed by atoms with Gasteiger partial charge in [-0.2, -0.15) is 0 Å². The molecule has 0 aromatic heterocycles. The van der Waals surface area contributed by atoms with Gasteiger partial charge in [0.2, 0.25) is 0 Å². The highest BCUT2D eigenvalue weighted by Gasteiger charge is 2.20. The maximum absolute atomic E-state index is 10.4. The summed E-state index contributed by atoms with van der Waals surface area (Å²) >= 11 is 0. The van der Waals surface area contributed by atoms with Gasteiger partial charge in [0.1, 0.15) is 18.5 Å². The summed E-state index contributed by atoms with van der Waals surface area (Å²) in [6.07, 6.45) is 3.39. The summed E-state index contributed by atoms with van der Waals surface area (Å²) < 4.78 is 5.82. The van der Waals surface area contributed by atoms with Crippen LogP contribution < -0.4 is 15.0 Å². The maximum atomic E-state index is 10.4. The fraction of sp³-hybridized carbons (Fsp3) is 0.292. The van der Waals surface area contributed by atoms with Gasteiger partial charge in [-0.15, -0.1) is 0 Å². The predicted molar refractivity (Wildman–Crippen MR) is 121 cm³/mol. The minimum atomic E-state index is -0.543. The van der Waals surface area contributed by atoms with E-state index in [-0.39, 0.29) is 6.61 Å². The van der Waals surface area contributed by atoms with Gasteiger partial charge in [-0.05, 0) is 36.4 Å². The van der Waals surface area contributed by atoms with E-state index in [2.05, 4.69) is 26.5 Å². The van der Waals surface area contributed by atoms with Crippen molar-refractivity contribution in [3.8, 4) is 5.75 Å². The van der Waals surface area contributed by atoms with Crippen molar-refractivity contribution in [3.63, 3.8) is 0 Å². The fourth-order valence-electron chi connectivity index (χ4n) is 3.76. The summed E-state index contributed by atoms with van der Waals surface area (Å²) in [7, 11) is 0. The first-order valence-corrected chi connectivity index (χ1v) is 10.1. The van der Waals surface area contributed by atoms with E-state index in [1.165, 1.54) is 0 Å². The summed E-state index contributed by atoms with van der Waals surface area (Å²) in [5.41, 5.74) is 4.74. The van der Waals surface area contributed by atoms with E-state index in [9.17, 15) is 5.11 Å². The lowest BCUT2D eigenvalue weighted by molar-refractivity contribution is 0.0663. The standard InChI is InChI=1S/C24H26N4O2/c1-18-3-4-19-15-23(9-10-24(19)26-18)30-17-22(29)16-27-11-13-28(14-12-27)21-7-5-20(25-2)6-8-21/h3-10,15,22,26,29H,1,11-14,16-17H2/t22-/m0/s1. The van der Waals surface area contributed by atoms with Crippen LogP contribution in [0.2, 0.25) is 0 Å². The number of piperazine rings is 1. The van der Waals surface area contributed by atoms with Gasteiger partial charge in [0.25, 0.3) is 0 Å². The average Bonchev–Trinajstić information content (AvgIpc) is 2.78. The van der Waals surface area contributed by atoms with Crippen molar-refractivity contribution >= 4 is 23.1 Å². The van der Waals surface area contributed by atoms with E-state index >= 15 is 0 Å². The van der Waals surface area contributed by atoms with E-state index in [1.807, 2.05) is 54.6 Å². The van der Waals surface area contributed by atoms with E-state index in [0.717, 1.165) is 54.6 Å². The molecule has 1 atom stereocenters. The zero-order chi connectivity index (χ0) is 20.9. The Hall–Kier alpha value is -3.27. The zero-order valence-electron chi connectivity index (χ0n) is 16.9. The molecule has 0 bridgehead atoms. The predicted octanol–water partition coefficient (Wildman–Crippen LogP) is 3.75. The molecule has 2 aromatic carbocycles. The lowest BCUT2D eigenvalue weighted by Crippen LogP contribution is -2.49. The van der Waals surface area contributed by atoms with Crippen molar-refractivity contribution in [2.24, 2.45) is 0 Å². The Morgan fingerprint density at radius 2 is 1.87 bits per heavy atom. The highest BCUT2D eigenvalue weighted by molar-refractivity contribution is 5.75. The number of ether oxygens (including phenoxy) is 1. The van der Waals surface area contributed by atoms with Gasteiger partial charge in [0, 0.05) is 55.4 Å². The van der Waals surface area contributed by atoms with Crippen LogP contribution in [-0.2, 0) is 0 Å². The molecule has 30 heavy (non-hydrogen) atoms. The zero-order valence-corrected chi connectivity index (χ0v) is 16.9. The van der Waals surface area contributed by atoms with Crippen molar-refractivity contribution in [3.05, 3.63) is 77.8 Å². The number of β-amino-alcohol motifs (C(OH)–C–C–N with tert-alkyl or cyclic N) is 1. The number of rotatable bonds is 6. The normalized spacial score (nSPS) is 17.1. The SMILES string of the molecule is [C-]#[N+]c1ccc(N2CCN(C[C@H](O)COc3ccc4c(c3)C=CC(=C)N4)CC2)cc1. The minimum Gasteiger partial charge on any atom is -0.491 e. The highest BCUT2D eigenvalue weighted by atomic mass is 16.5. The second-order valence-electron chi connectivity index (χ2n) is 7.61. The van der Waals surface area contributed by atoms with Gasteiger partial charge < -0.3 is 20.1 Å². The number of hydrogen-bond acceptors (Lipinski definition) is 5. The number of aliphatic hydroxyl groups excluding tert-OH is 1. The molecule has 6 nitrogen and oxygen atoms in total. The van der Waals surface area contributed by atoms with Crippen molar-refractivity contribution < 1.29 is 9.84 Å². The van der Waals surface area contributed by atoms with Gasteiger partial charge in [-0.1, -0.05) is 24.8 Å². The van der Waals surface area contributed by atoms with E-state index < -0.39 is 6.10 Å². The maximum Gasteiger partial charge on any atom is 0.187 e. The Bertz CT molecular complexity index is 970. The lowest BCUT2D eigenvalue weighted by atomic mass is 10.1. The van der Waals surface area contributed by atoms with Crippen LogP contribution in [0.1, 0.15) is 5.56 Å². The summed E-state index contributed by atoms with van der Waals surface area (Å²) in [5.74, 6) is 0.749. The molecule has 1 fully saturated rings. The Morgan fingerprint density at radius 3 is 2.60 bits per heavy atom. The van der Waals surface area contributed by atoms with Gasteiger partial charge in [0.05, 0.1) is 6.57 Å². The Kier molecular flexibility index (Phi) is 6.03. The average molecular weight is 402 g/mol. The number of nitrogens with one attached hydrogen (secondary N) is 1. The van der Waals surface area contributed by atoms with Crippen LogP contribution in [0, 0.1) is 6.57 Å². The molecule has 6 heteroatoms. The number of hydrogen-bond donors (Lipinski definition) is 2. The van der Waals surface area contributed by atoms with Crippen molar-refractivity contribution in [2.75, 3.05) is 49.5 Å². The van der Waals surface area contributed by atoms with Crippen LogP contribution in [0.25, 0.3) is 10.9 Å². The molecule has 4 rings (SSSR count). The van der Waals surface area contributed by atoms with Gasteiger partial charge in [-0.25, -0.2) is 4.85 Å². The van der Waals surface area contributed by atoms with Crippen LogP contribution >= 0.6 is 0 Å². The third-order valence-corrected chi connectivity index (χ3v) is 5.41. The fourth-order valence-corrected chi connectivity index (χ4v) is 3.76. The van der Waals surface area contributed by atoms with Gasteiger partial charge in [-0.3, -0.25) is 4.90 Å². The molecule has 0 spiro atoms. The molecule has 0 saturated carbocycles. The number of anilines is 2. The third kappa shape index (κ3) is 4.82. The van der Waals surface area contributed by atoms with Crippen LogP contribution in [0.15, 0.2) is 60.8 Å². The Morgan fingerprint density at radius 1 is 1.10 bits per heavy atom. The summed E-state index contributed by atoms with van der Waals surface area (Å²) in [6.45, 7) is 15.4. The largest absolute Gasteiger partial charge is 0.491 e. The smallest absolute Gasteiger partial charge is 0.187 e. The molecule has 2 aliphatic rings. The van der Waals surface area contributed by atoms with E-state index in [1.54, 1.807) is 0 Å². The lowest BCUT2D eigenvalue weighted by Gasteiger charge is -2.36. The van der Waals surface area contributed by atoms with Crippen LogP contribution in [-0.4, -0.2) is 55.4 Å². The molecule has 0 radical (unpaired) electrons. The second kappa shape index (κ2) is 9.04. The third-order valence-electron chi connectivity index (χ3n) is 5.41. The van der Waals surface area contributed by atoms with Crippen LogP contribution in [0.5, 0.6) is 5.75 Å². The Balaban J connectivity index is 1.23. The number of allylic oxidation sites excluding steroid dienone is 1.